The van der Waals surface area contributed by atoms with Gasteiger partial charge in [0.05, 0.1) is 18.9 Å². The third kappa shape index (κ3) is 3.81. The molecule has 1 fully saturated rings. The second-order valence-electron chi connectivity index (χ2n) is 8.58. The van der Waals surface area contributed by atoms with Crippen LogP contribution in [0.1, 0.15) is 0 Å². The fourth-order valence-corrected chi connectivity index (χ4v) is 6.12. The molecule has 7 nitrogen and oxygen atoms in total. The van der Waals surface area contributed by atoms with Crippen molar-refractivity contribution in [2.45, 2.75) is 0 Å². The van der Waals surface area contributed by atoms with Gasteiger partial charge in [-0.3, -0.25) is 4.57 Å². The molecule has 9 heteroatoms. The van der Waals surface area contributed by atoms with Crippen molar-refractivity contribution < 1.29 is 4.74 Å². The largest absolute Gasteiger partial charge is 0.378 e. The van der Waals surface area contributed by atoms with E-state index in [4.69, 9.17) is 19.7 Å². The summed E-state index contributed by atoms with van der Waals surface area (Å²) in [6, 6.07) is 18.9. The number of benzene rings is 2. The highest BCUT2D eigenvalue weighted by atomic mass is 32.1. The van der Waals surface area contributed by atoms with Crippen LogP contribution < -0.4 is 10.2 Å². The van der Waals surface area contributed by atoms with Crippen molar-refractivity contribution in [1.82, 2.24) is 19.5 Å². The van der Waals surface area contributed by atoms with Gasteiger partial charge in [0.25, 0.3) is 0 Å². The topological polar surface area (TPSA) is 68.1 Å². The van der Waals surface area contributed by atoms with Gasteiger partial charge in [0.15, 0.2) is 22.8 Å². The van der Waals surface area contributed by atoms with E-state index in [9.17, 15) is 0 Å². The Hall–Kier alpha value is -3.79. The molecule has 0 aliphatic carbocycles. The van der Waals surface area contributed by atoms with Gasteiger partial charge in [-0.2, -0.15) is 11.3 Å². The van der Waals surface area contributed by atoms with E-state index in [0.717, 1.165) is 59.8 Å². The molecular weight excluding hydrogens is 488 g/mol. The minimum Gasteiger partial charge on any atom is -0.378 e. The monoisotopic (exact) mass is 510 g/mol. The normalized spacial score (nSPS) is 14.1. The first-order valence-corrected chi connectivity index (χ1v) is 13.6. The predicted octanol–water partition coefficient (Wildman–Crippen LogP) is 6.34. The Morgan fingerprint density at radius 3 is 2.58 bits per heavy atom. The van der Waals surface area contributed by atoms with E-state index < -0.39 is 0 Å². The van der Waals surface area contributed by atoms with Gasteiger partial charge in [0, 0.05) is 50.9 Å². The zero-order valence-corrected chi connectivity index (χ0v) is 20.9. The Kier molecular flexibility index (Phi) is 5.38. The Morgan fingerprint density at radius 1 is 0.889 bits per heavy atom. The molecule has 0 spiro atoms. The van der Waals surface area contributed by atoms with Gasteiger partial charge < -0.3 is 15.0 Å². The number of hydrogen-bond donors (Lipinski definition) is 1. The van der Waals surface area contributed by atoms with Crippen molar-refractivity contribution in [2.24, 2.45) is 0 Å². The molecule has 5 heterocycles. The maximum atomic E-state index is 5.49. The van der Waals surface area contributed by atoms with Crippen LogP contribution in [0.15, 0.2) is 77.1 Å². The summed E-state index contributed by atoms with van der Waals surface area (Å²) in [5.74, 6) is 1.38. The summed E-state index contributed by atoms with van der Waals surface area (Å²) < 4.78 is 8.73. The molecular formula is C27H22N6OS2. The molecule has 36 heavy (non-hydrogen) atoms. The van der Waals surface area contributed by atoms with Gasteiger partial charge in [-0.1, -0.05) is 18.2 Å². The first-order chi connectivity index (χ1) is 17.8. The van der Waals surface area contributed by atoms with Crippen molar-refractivity contribution in [3.63, 3.8) is 0 Å². The molecule has 7 rings (SSSR count). The van der Waals surface area contributed by atoms with E-state index in [1.54, 1.807) is 22.7 Å². The first-order valence-electron chi connectivity index (χ1n) is 11.8. The second-order valence-corrected chi connectivity index (χ2v) is 10.3. The average molecular weight is 511 g/mol. The lowest BCUT2D eigenvalue weighted by Gasteiger charge is -2.28. The highest BCUT2D eigenvalue weighted by molar-refractivity contribution is 7.17. The molecule has 1 aliphatic rings. The highest BCUT2D eigenvalue weighted by Gasteiger charge is 2.18. The van der Waals surface area contributed by atoms with Gasteiger partial charge in [-0.25, -0.2) is 15.0 Å². The number of rotatable bonds is 5. The summed E-state index contributed by atoms with van der Waals surface area (Å²) in [6.45, 7) is 3.37. The van der Waals surface area contributed by atoms with Gasteiger partial charge in [-0.05, 0) is 41.8 Å². The third-order valence-electron chi connectivity index (χ3n) is 6.41. The molecule has 178 valence electrons. The van der Waals surface area contributed by atoms with Gasteiger partial charge >= 0.3 is 0 Å². The molecule has 0 atom stereocenters. The maximum Gasteiger partial charge on any atom is 0.170 e. The quantitative estimate of drug-likeness (QED) is 0.292. The molecule has 0 unspecified atom stereocenters. The number of hydrogen-bond acceptors (Lipinski definition) is 8. The number of imidazole rings is 1. The molecule has 0 amide bonds. The summed E-state index contributed by atoms with van der Waals surface area (Å²) in [6.07, 6.45) is 1.82. The van der Waals surface area contributed by atoms with Crippen LogP contribution in [0.25, 0.3) is 38.3 Å². The van der Waals surface area contributed by atoms with Crippen molar-refractivity contribution in [3.05, 3.63) is 77.1 Å². The fourth-order valence-electron chi connectivity index (χ4n) is 4.56. The van der Waals surface area contributed by atoms with Crippen LogP contribution in [0.2, 0.25) is 0 Å². The van der Waals surface area contributed by atoms with Crippen LogP contribution in [0, 0.1) is 0 Å². The second kappa shape index (κ2) is 9.02. The fraction of sp³-hybridized carbons (Fsp3) is 0.148. The first kappa shape index (κ1) is 21.5. The van der Waals surface area contributed by atoms with Crippen LogP contribution in [0.3, 0.4) is 0 Å². The Morgan fingerprint density at radius 2 is 1.75 bits per heavy atom. The third-order valence-corrected chi connectivity index (χ3v) is 8.04. The molecule has 6 aromatic rings. The van der Waals surface area contributed by atoms with Crippen molar-refractivity contribution in [3.8, 4) is 17.1 Å². The maximum absolute atomic E-state index is 5.49. The number of thiophene rings is 2. The van der Waals surface area contributed by atoms with E-state index in [1.165, 1.54) is 10.4 Å². The molecule has 1 aliphatic heterocycles. The number of anilines is 3. The summed E-state index contributed by atoms with van der Waals surface area (Å²) >= 11 is 3.36. The molecule has 1 saturated heterocycles. The summed E-state index contributed by atoms with van der Waals surface area (Å²) in [5.41, 5.74) is 5.74. The lowest BCUT2D eigenvalue weighted by Crippen LogP contribution is -2.36. The Labute approximate surface area is 215 Å². The summed E-state index contributed by atoms with van der Waals surface area (Å²) in [5, 5.41) is 11.0. The van der Waals surface area contributed by atoms with E-state index in [0.29, 0.717) is 11.6 Å². The number of aromatic nitrogens is 4. The smallest absolute Gasteiger partial charge is 0.170 e. The molecule has 0 radical (unpaired) electrons. The molecule has 0 bridgehead atoms. The predicted molar refractivity (Wildman–Crippen MR) is 148 cm³/mol. The minimum atomic E-state index is 0.685. The Balaban J connectivity index is 1.32. The molecule has 1 N–H and O–H groups in total. The minimum absolute atomic E-state index is 0.685. The number of fused-ring (bicyclic) bond motifs is 2. The Bertz CT molecular complexity index is 1650. The van der Waals surface area contributed by atoms with Crippen molar-refractivity contribution >= 4 is 61.1 Å². The SMILES string of the molecule is c1ccc2c(-c3nc(Nc4ccc(N5CCOCC5)cc4)c4ncn(-c5ccsc5)c4n3)csc2c1. The summed E-state index contributed by atoms with van der Waals surface area (Å²) in [4.78, 5) is 17.0. The lowest BCUT2D eigenvalue weighted by molar-refractivity contribution is 0.122. The van der Waals surface area contributed by atoms with Crippen molar-refractivity contribution in [1.29, 1.82) is 0 Å². The average Bonchev–Trinajstić information content (AvgIpc) is 3.69. The number of morpholine rings is 1. The molecule has 2 aromatic carbocycles. The van der Waals surface area contributed by atoms with E-state index in [-0.39, 0.29) is 0 Å². The summed E-state index contributed by atoms with van der Waals surface area (Å²) in [7, 11) is 0. The van der Waals surface area contributed by atoms with Crippen LogP contribution in [0.5, 0.6) is 0 Å². The zero-order valence-electron chi connectivity index (χ0n) is 19.3. The van der Waals surface area contributed by atoms with Gasteiger partial charge in [0.1, 0.15) is 6.33 Å². The van der Waals surface area contributed by atoms with Crippen LogP contribution in [0.4, 0.5) is 17.2 Å². The van der Waals surface area contributed by atoms with Crippen LogP contribution >= 0.6 is 22.7 Å². The van der Waals surface area contributed by atoms with Crippen LogP contribution in [-0.2, 0) is 4.74 Å². The molecule has 4 aromatic heterocycles. The lowest BCUT2D eigenvalue weighted by atomic mass is 10.1. The van der Waals surface area contributed by atoms with E-state index >= 15 is 0 Å². The number of nitrogens with zero attached hydrogens (tertiary/aromatic N) is 5. The standard InChI is InChI=1S/C27H22N6OS2/c1-2-4-23-21(3-1)22(16-36-23)25-30-26(24-27(31-25)33(17-28-24)20-9-14-35-15-20)29-18-5-7-19(8-6-18)32-10-12-34-13-11-32/h1-9,14-17H,10-13H2,(H,29,30,31). The van der Waals surface area contributed by atoms with Gasteiger partial charge in [0.2, 0.25) is 0 Å². The van der Waals surface area contributed by atoms with E-state index in [1.807, 2.05) is 10.9 Å². The van der Waals surface area contributed by atoms with E-state index in [2.05, 4.69) is 81.0 Å². The number of nitrogens with one attached hydrogen (secondary N) is 1. The molecule has 0 saturated carbocycles. The van der Waals surface area contributed by atoms with Crippen LogP contribution in [-0.4, -0.2) is 45.8 Å². The zero-order chi connectivity index (χ0) is 23.9. The van der Waals surface area contributed by atoms with Gasteiger partial charge in [-0.15, -0.1) is 11.3 Å². The highest BCUT2D eigenvalue weighted by Crippen LogP contribution is 2.35. The number of ether oxygens (including phenoxy) is 1. The van der Waals surface area contributed by atoms with Crippen molar-refractivity contribution in [2.75, 3.05) is 36.5 Å².